The van der Waals surface area contributed by atoms with Crippen LogP contribution in [0.15, 0.2) is 61.7 Å². The second kappa shape index (κ2) is 13.0. The van der Waals surface area contributed by atoms with Gasteiger partial charge in [0.2, 0.25) is 20.0 Å². The number of hydrogen-bond acceptors (Lipinski definition) is 7. The summed E-state index contributed by atoms with van der Waals surface area (Å²) in [6.45, 7) is 7.94. The van der Waals surface area contributed by atoms with Crippen molar-refractivity contribution in [3.05, 3.63) is 94.6 Å². The molecule has 2 unspecified atom stereocenters. The molecule has 0 radical (unpaired) electrons. The minimum absolute atomic E-state index is 0.0370. The summed E-state index contributed by atoms with van der Waals surface area (Å²) in [6, 6.07) is 8.02. The van der Waals surface area contributed by atoms with Gasteiger partial charge in [-0.25, -0.2) is 25.6 Å². The first-order valence-corrected chi connectivity index (χ1v) is 15.7. The number of nitrogens with two attached hydrogens (primary N) is 1. The highest BCUT2D eigenvalue weighted by Crippen LogP contribution is 2.32. The van der Waals surface area contributed by atoms with E-state index in [1.54, 1.807) is 18.2 Å². The van der Waals surface area contributed by atoms with Crippen molar-refractivity contribution in [2.75, 3.05) is 43.4 Å². The second-order valence-corrected chi connectivity index (χ2v) is 13.7. The number of nitro groups is 1. The van der Waals surface area contributed by atoms with Gasteiger partial charge in [0, 0.05) is 49.8 Å². The molecule has 0 aromatic heterocycles. The Morgan fingerprint density at radius 1 is 0.875 bits per heavy atom. The summed E-state index contributed by atoms with van der Waals surface area (Å²) in [6.07, 6.45) is 3.74. The summed E-state index contributed by atoms with van der Waals surface area (Å²) in [4.78, 5) is 9.94. The van der Waals surface area contributed by atoms with E-state index in [-0.39, 0.29) is 61.0 Å². The topological polar surface area (TPSA) is 144 Å². The predicted molar refractivity (Wildman–Crippen MR) is 150 cm³/mol. The van der Waals surface area contributed by atoms with Crippen molar-refractivity contribution in [1.29, 1.82) is 0 Å². The maximum absolute atomic E-state index is 14.0. The maximum Gasteiger partial charge on any atom is 0.272 e. The van der Waals surface area contributed by atoms with Gasteiger partial charge in [-0.3, -0.25) is 10.1 Å². The molecule has 0 spiro atoms. The lowest BCUT2D eigenvalue weighted by Gasteiger charge is -2.31. The second-order valence-electron chi connectivity index (χ2n) is 9.56. The van der Waals surface area contributed by atoms with Crippen molar-refractivity contribution in [3.63, 3.8) is 0 Å². The normalized spacial score (nSPS) is 22.4. The van der Waals surface area contributed by atoms with Crippen LogP contribution in [0.3, 0.4) is 0 Å². The number of nitrogen functional groups attached to an aromatic ring is 1. The van der Waals surface area contributed by atoms with Gasteiger partial charge in [-0.05, 0) is 42.2 Å². The van der Waals surface area contributed by atoms with Crippen molar-refractivity contribution >= 4 is 31.4 Å². The summed E-state index contributed by atoms with van der Waals surface area (Å²) in [5.41, 5.74) is 6.40. The molecule has 2 fully saturated rings. The number of anilines is 1. The third-order valence-electron chi connectivity index (χ3n) is 6.85. The molecule has 0 bridgehead atoms. The van der Waals surface area contributed by atoms with Crippen LogP contribution < -0.4 is 5.73 Å². The van der Waals surface area contributed by atoms with Crippen LogP contribution in [0.4, 0.5) is 20.2 Å². The Kier molecular flexibility index (Phi) is 10.2. The number of hydrogen-bond donors (Lipinski definition) is 1. The van der Waals surface area contributed by atoms with Crippen LogP contribution in [0.5, 0.6) is 0 Å². The summed E-state index contributed by atoms with van der Waals surface area (Å²) in [5.74, 6) is -1.52. The van der Waals surface area contributed by atoms with Gasteiger partial charge in [-0.2, -0.15) is 8.61 Å². The van der Waals surface area contributed by atoms with Gasteiger partial charge >= 0.3 is 0 Å². The fourth-order valence-electron chi connectivity index (χ4n) is 4.75. The van der Waals surface area contributed by atoms with Crippen LogP contribution in [-0.2, 0) is 20.0 Å². The Morgan fingerprint density at radius 3 is 1.73 bits per heavy atom. The zero-order valence-electron chi connectivity index (χ0n) is 21.8. The minimum Gasteiger partial charge on any atom is -0.399 e. The van der Waals surface area contributed by atoms with Crippen LogP contribution in [0.25, 0.3) is 0 Å². The number of nitrogens with zero attached hydrogens (tertiary/aromatic N) is 3. The molecule has 2 heterocycles. The van der Waals surface area contributed by atoms with Crippen molar-refractivity contribution in [2.24, 2.45) is 0 Å². The highest BCUT2D eigenvalue weighted by Gasteiger charge is 2.34. The van der Waals surface area contributed by atoms with Gasteiger partial charge < -0.3 is 5.73 Å². The lowest BCUT2D eigenvalue weighted by atomic mass is 9.95. The Morgan fingerprint density at radius 2 is 1.32 bits per heavy atom. The molecule has 2 aliphatic rings. The molecule has 2 atom stereocenters. The molecular weight excluding hydrogens is 566 g/mol. The number of sulfonamides is 2. The smallest absolute Gasteiger partial charge is 0.272 e. The Hall–Kier alpha value is -3.20. The lowest BCUT2D eigenvalue weighted by molar-refractivity contribution is -0.385. The fourth-order valence-corrected chi connectivity index (χ4v) is 7.91. The summed E-state index contributed by atoms with van der Waals surface area (Å²) in [7, 11) is -6.56. The zero-order chi connectivity index (χ0) is 29.7. The fraction of sp³-hybridized carbons (Fsp3) is 0.385. The van der Waals surface area contributed by atoms with E-state index in [2.05, 4.69) is 13.2 Å². The van der Waals surface area contributed by atoms with E-state index in [0.29, 0.717) is 29.7 Å². The molecule has 2 N–H and O–H groups in total. The van der Waals surface area contributed by atoms with Gasteiger partial charge in [-0.1, -0.05) is 18.2 Å². The molecular formula is C26H32F2N4O6S2. The highest BCUT2D eigenvalue weighted by atomic mass is 32.2. The number of benzene rings is 2. The van der Waals surface area contributed by atoms with Crippen molar-refractivity contribution in [3.8, 4) is 0 Å². The van der Waals surface area contributed by atoms with Crippen LogP contribution in [0.2, 0.25) is 0 Å². The average Bonchev–Trinajstić information content (AvgIpc) is 2.87. The van der Waals surface area contributed by atoms with Gasteiger partial charge in [-0.15, -0.1) is 13.2 Å². The van der Waals surface area contributed by atoms with Gasteiger partial charge in [0.05, 0.1) is 22.5 Å². The zero-order valence-corrected chi connectivity index (χ0v) is 23.4. The first kappa shape index (κ1) is 31.3. The van der Waals surface area contributed by atoms with Crippen LogP contribution >= 0.6 is 0 Å². The van der Waals surface area contributed by atoms with E-state index in [9.17, 15) is 35.7 Å². The quantitative estimate of drug-likeness (QED) is 0.221. The molecule has 2 saturated heterocycles. The van der Waals surface area contributed by atoms with Gasteiger partial charge in [0.1, 0.15) is 11.6 Å². The largest absolute Gasteiger partial charge is 0.399 e. The number of non-ortho nitro benzene ring substituents is 1. The summed E-state index contributed by atoms with van der Waals surface area (Å²) in [5, 5.41) is 10.6. The molecule has 10 nitrogen and oxygen atoms in total. The molecule has 0 amide bonds. The molecule has 14 heteroatoms. The Balaban J connectivity index is 0.000000222. The number of nitro benzene ring substituents is 1. The molecule has 2 aliphatic heterocycles. The van der Waals surface area contributed by atoms with Crippen LogP contribution in [-0.4, -0.2) is 68.1 Å². The molecule has 218 valence electrons. The molecule has 0 saturated carbocycles. The molecule has 0 aliphatic carbocycles. The van der Waals surface area contributed by atoms with Crippen molar-refractivity contribution < 1.29 is 30.5 Å². The third-order valence-corrected chi connectivity index (χ3v) is 10.5. The van der Waals surface area contributed by atoms with E-state index >= 15 is 0 Å². The van der Waals surface area contributed by atoms with E-state index < -0.39 is 30.8 Å². The first-order valence-electron chi connectivity index (χ1n) is 12.4. The lowest BCUT2D eigenvalue weighted by Crippen LogP contribution is -2.41. The van der Waals surface area contributed by atoms with Crippen LogP contribution in [0, 0.1) is 21.7 Å². The maximum atomic E-state index is 14.0. The number of rotatable bonds is 7. The van der Waals surface area contributed by atoms with Crippen LogP contribution in [0.1, 0.15) is 35.8 Å². The monoisotopic (exact) mass is 598 g/mol. The summed E-state index contributed by atoms with van der Waals surface area (Å²) >= 11 is 0. The Bertz CT molecular complexity index is 1480. The molecule has 2 aromatic carbocycles. The SMILES string of the molecule is C=CCN1CC(c2ccc(N)cc2F)CCS1(=O)=O.C=CCN1CC(c2ccc([N+](=O)[O-])cc2F)CCS1(=O)=O. The Labute approximate surface area is 233 Å². The standard InChI is InChI=1S/C13H15FN2O4S.C13H17FN2O2S/c1-2-6-15-9-10(5-7-21(15,19)20)12-4-3-11(16(17)18)8-13(12)14;1-2-6-16-9-10(5-7-19(16,17)18)12-4-3-11(15)8-13(12)14/h2-4,8,10H,1,5-7,9H2;2-4,8,10H,1,5-7,9,15H2. The van der Waals surface area contributed by atoms with Crippen molar-refractivity contribution in [2.45, 2.75) is 24.7 Å². The third kappa shape index (κ3) is 7.50. The molecule has 4 rings (SSSR count). The van der Waals surface area contributed by atoms with E-state index in [1.807, 2.05) is 0 Å². The molecule has 40 heavy (non-hydrogen) atoms. The van der Waals surface area contributed by atoms with E-state index in [4.69, 9.17) is 5.73 Å². The van der Waals surface area contributed by atoms with E-state index in [0.717, 1.165) is 6.07 Å². The van der Waals surface area contributed by atoms with Crippen molar-refractivity contribution in [1.82, 2.24) is 8.61 Å². The summed E-state index contributed by atoms with van der Waals surface area (Å²) < 4.78 is 77.9. The van der Waals surface area contributed by atoms with Gasteiger partial charge in [0.15, 0.2) is 0 Å². The minimum atomic E-state index is -3.33. The number of halogens is 2. The highest BCUT2D eigenvalue weighted by molar-refractivity contribution is 7.89. The van der Waals surface area contributed by atoms with Gasteiger partial charge in [0.25, 0.3) is 5.69 Å². The van der Waals surface area contributed by atoms with E-state index in [1.165, 1.54) is 32.9 Å². The first-order chi connectivity index (χ1) is 18.8. The average molecular weight is 599 g/mol. The molecule has 2 aromatic rings. The predicted octanol–water partition coefficient (Wildman–Crippen LogP) is 3.75.